The molecule has 156 valence electrons. The largest absolute Gasteiger partial charge is 0.417 e. The molecule has 1 atom stereocenters. The molecule has 29 heavy (non-hydrogen) atoms. The van der Waals surface area contributed by atoms with Crippen LogP contribution in [0.5, 0.6) is 0 Å². The Balaban J connectivity index is 0.000000387. The van der Waals surface area contributed by atoms with Crippen LogP contribution in [-0.4, -0.2) is 22.9 Å². The summed E-state index contributed by atoms with van der Waals surface area (Å²) in [7, 11) is 0. The van der Waals surface area contributed by atoms with Crippen molar-refractivity contribution in [2.24, 2.45) is 0 Å². The van der Waals surface area contributed by atoms with Crippen molar-refractivity contribution in [3.63, 3.8) is 0 Å². The molecule has 0 saturated carbocycles. The van der Waals surface area contributed by atoms with Gasteiger partial charge >= 0.3 is 6.18 Å². The van der Waals surface area contributed by atoms with Crippen molar-refractivity contribution in [1.29, 1.82) is 5.26 Å². The van der Waals surface area contributed by atoms with Crippen LogP contribution < -0.4 is 5.32 Å². The Labute approximate surface area is 170 Å². The molecule has 0 heterocycles. The van der Waals surface area contributed by atoms with Gasteiger partial charge in [-0.2, -0.15) is 18.4 Å². The highest BCUT2D eigenvalue weighted by molar-refractivity contribution is 7.98. The second-order valence-corrected chi connectivity index (χ2v) is 6.99. The lowest BCUT2D eigenvalue weighted by atomic mass is 10.0. The minimum absolute atomic E-state index is 0.112. The van der Waals surface area contributed by atoms with Crippen molar-refractivity contribution in [2.45, 2.75) is 36.9 Å². The van der Waals surface area contributed by atoms with Crippen molar-refractivity contribution in [1.82, 2.24) is 0 Å². The number of nitrogens with zero attached hydrogens (tertiary/aromatic N) is 1. The molecule has 1 amide bonds. The van der Waals surface area contributed by atoms with Crippen LogP contribution in [-0.2, 0) is 11.0 Å². The van der Waals surface area contributed by atoms with Gasteiger partial charge in [-0.15, -0.1) is 11.8 Å². The summed E-state index contributed by atoms with van der Waals surface area (Å²) in [4.78, 5) is 12.8. The van der Waals surface area contributed by atoms with E-state index < -0.39 is 28.8 Å². The number of halogens is 4. The summed E-state index contributed by atoms with van der Waals surface area (Å²) >= 11 is 1.61. The van der Waals surface area contributed by atoms with E-state index >= 15 is 0 Å². The molecular weight excluding hydrogens is 408 g/mol. The van der Waals surface area contributed by atoms with Crippen LogP contribution in [0.2, 0.25) is 0 Å². The Morgan fingerprint density at radius 1 is 1.21 bits per heavy atom. The summed E-state index contributed by atoms with van der Waals surface area (Å²) in [5, 5.41) is 20.5. The van der Waals surface area contributed by atoms with Gasteiger partial charge in [-0.05, 0) is 62.1 Å². The van der Waals surface area contributed by atoms with Crippen molar-refractivity contribution in [2.75, 3.05) is 11.6 Å². The molecule has 9 heteroatoms. The van der Waals surface area contributed by atoms with Crippen LogP contribution >= 0.6 is 11.8 Å². The van der Waals surface area contributed by atoms with E-state index in [9.17, 15) is 27.5 Å². The summed E-state index contributed by atoms with van der Waals surface area (Å²) in [6, 6.07) is 10.7. The molecule has 0 fully saturated rings. The number of nitriles is 1. The van der Waals surface area contributed by atoms with Gasteiger partial charge < -0.3 is 10.4 Å². The van der Waals surface area contributed by atoms with Gasteiger partial charge in [-0.1, -0.05) is 6.92 Å². The van der Waals surface area contributed by atoms with Crippen molar-refractivity contribution in [3.8, 4) is 6.07 Å². The fourth-order valence-electron chi connectivity index (χ4n) is 1.95. The first-order valence-corrected chi connectivity index (χ1v) is 9.61. The Kier molecular flexibility index (Phi) is 8.67. The number of thioether (sulfide) groups is 1. The quantitative estimate of drug-likeness (QED) is 0.517. The molecule has 0 saturated heterocycles. The number of rotatable bonds is 4. The Hall–Kier alpha value is -2.57. The first-order valence-electron chi connectivity index (χ1n) is 8.39. The third-order valence-electron chi connectivity index (χ3n) is 3.93. The summed E-state index contributed by atoms with van der Waals surface area (Å²) in [5.74, 6) is -0.981. The van der Waals surface area contributed by atoms with E-state index in [-0.39, 0.29) is 17.9 Å². The van der Waals surface area contributed by atoms with Gasteiger partial charge in [-0.3, -0.25) is 4.79 Å². The highest BCUT2D eigenvalue weighted by Gasteiger charge is 2.34. The van der Waals surface area contributed by atoms with Gasteiger partial charge in [0, 0.05) is 10.6 Å². The Morgan fingerprint density at radius 3 is 2.24 bits per heavy atom. The average Bonchev–Trinajstić information content (AvgIpc) is 2.68. The first-order chi connectivity index (χ1) is 13.4. The molecular formula is C20H20F4N2O2S. The first kappa shape index (κ1) is 24.5. The van der Waals surface area contributed by atoms with E-state index in [4.69, 9.17) is 5.26 Å². The molecule has 2 aromatic carbocycles. The fraction of sp³-hybridized carbons (Fsp3) is 0.300. The number of nitrogens with one attached hydrogen (secondary N) is 1. The number of carbonyl (C=O) groups excluding carboxylic acids is 1. The Bertz CT molecular complexity index is 876. The lowest BCUT2D eigenvalue weighted by molar-refractivity contribution is -0.138. The third kappa shape index (κ3) is 7.40. The van der Waals surface area contributed by atoms with Crippen molar-refractivity contribution in [3.05, 3.63) is 59.4 Å². The van der Waals surface area contributed by atoms with E-state index in [1.165, 1.54) is 31.2 Å². The summed E-state index contributed by atoms with van der Waals surface area (Å²) in [6.45, 7) is 2.83. The zero-order valence-electron chi connectivity index (χ0n) is 16.0. The summed E-state index contributed by atoms with van der Waals surface area (Å²) in [5.41, 5.74) is -3.46. The molecule has 2 N–H and O–H groups in total. The maximum Gasteiger partial charge on any atom is 0.417 e. The molecule has 1 unspecified atom stereocenters. The minimum atomic E-state index is -4.70. The molecule has 0 aliphatic carbocycles. The van der Waals surface area contributed by atoms with E-state index in [0.717, 1.165) is 11.0 Å². The van der Waals surface area contributed by atoms with Crippen molar-refractivity contribution >= 4 is 23.4 Å². The normalized spacial score (nSPS) is 12.8. The van der Waals surface area contributed by atoms with E-state index in [1.54, 1.807) is 30.8 Å². The van der Waals surface area contributed by atoms with Crippen LogP contribution in [0.3, 0.4) is 0 Å². The monoisotopic (exact) mass is 428 g/mol. The number of alkyl halides is 3. The predicted molar refractivity (Wildman–Crippen MR) is 104 cm³/mol. The van der Waals surface area contributed by atoms with E-state index in [1.807, 2.05) is 6.26 Å². The predicted octanol–water partition coefficient (Wildman–Crippen LogP) is 5.22. The summed E-state index contributed by atoms with van der Waals surface area (Å²) in [6.07, 6.45) is -2.62. The third-order valence-corrected chi connectivity index (χ3v) is 4.67. The maximum absolute atomic E-state index is 12.7. The highest BCUT2D eigenvalue weighted by Crippen LogP contribution is 2.33. The summed E-state index contributed by atoms with van der Waals surface area (Å²) < 4.78 is 50.4. The molecule has 0 spiro atoms. The number of carbonyl (C=O) groups is 1. The average molecular weight is 428 g/mol. The van der Waals surface area contributed by atoms with E-state index in [2.05, 4.69) is 5.32 Å². The standard InChI is InChI=1S/C13H13F3N2O2.C7H7FS/c1-3-12(2,20)11(19)18-9-5-4-8(7-17)10(6-9)13(14,15)16;1-9-7-4-2-6(8)3-5-7/h4-6,20H,3H2,1-2H3,(H,18,19);2-5H,1H3. The molecule has 4 nitrogen and oxygen atoms in total. The van der Waals surface area contributed by atoms with Crippen LogP contribution in [0.4, 0.5) is 23.2 Å². The zero-order valence-corrected chi connectivity index (χ0v) is 16.8. The van der Waals surface area contributed by atoms with E-state index in [0.29, 0.717) is 6.07 Å². The zero-order chi connectivity index (χ0) is 22.2. The second-order valence-electron chi connectivity index (χ2n) is 6.11. The number of amides is 1. The SMILES string of the molecule is CCC(C)(O)C(=O)Nc1ccc(C#N)c(C(F)(F)F)c1.CSc1ccc(F)cc1. The highest BCUT2D eigenvalue weighted by atomic mass is 32.2. The number of aliphatic hydroxyl groups is 1. The van der Waals surface area contributed by atoms with Gasteiger partial charge in [0.05, 0.1) is 17.2 Å². The Morgan fingerprint density at radius 2 is 1.79 bits per heavy atom. The topological polar surface area (TPSA) is 73.1 Å². The van der Waals surface area contributed by atoms with Gasteiger partial charge in [0.1, 0.15) is 11.4 Å². The molecule has 0 aliphatic rings. The second kappa shape index (κ2) is 10.3. The number of anilines is 1. The van der Waals surface area contributed by atoms with Crippen LogP contribution in [0.25, 0.3) is 0 Å². The smallest absolute Gasteiger partial charge is 0.380 e. The molecule has 0 aromatic heterocycles. The molecule has 2 aromatic rings. The molecule has 0 bridgehead atoms. The molecule has 0 radical (unpaired) electrons. The van der Waals surface area contributed by atoms with Gasteiger partial charge in [0.2, 0.25) is 0 Å². The number of hydrogen-bond acceptors (Lipinski definition) is 4. The van der Waals surface area contributed by atoms with Crippen molar-refractivity contribution < 1.29 is 27.5 Å². The maximum atomic E-state index is 12.7. The number of hydrogen-bond donors (Lipinski definition) is 2. The van der Waals surface area contributed by atoms with Gasteiger partial charge in [0.15, 0.2) is 0 Å². The van der Waals surface area contributed by atoms with Gasteiger partial charge in [0.25, 0.3) is 5.91 Å². The van der Waals surface area contributed by atoms with Crippen LogP contribution in [0.15, 0.2) is 47.4 Å². The van der Waals surface area contributed by atoms with Gasteiger partial charge in [-0.25, -0.2) is 4.39 Å². The fourth-order valence-corrected chi connectivity index (χ4v) is 2.36. The number of benzene rings is 2. The van der Waals surface area contributed by atoms with Crippen LogP contribution in [0.1, 0.15) is 31.4 Å². The van der Waals surface area contributed by atoms with Crippen LogP contribution in [0, 0.1) is 17.1 Å². The minimum Gasteiger partial charge on any atom is -0.380 e. The molecule has 2 rings (SSSR count). The lowest BCUT2D eigenvalue weighted by Gasteiger charge is -2.20. The molecule has 0 aliphatic heterocycles. The lowest BCUT2D eigenvalue weighted by Crippen LogP contribution is -2.39.